The van der Waals surface area contributed by atoms with Crippen molar-refractivity contribution in [2.75, 3.05) is 21.3 Å². The molecule has 0 saturated heterocycles. The number of nitrogens with one attached hydrogen (secondary N) is 2. The molecule has 0 spiro atoms. The molecule has 0 radical (unpaired) electrons. The molecule has 0 amide bonds. The first-order chi connectivity index (χ1) is 12.0. The third-order valence-corrected chi connectivity index (χ3v) is 5.25. The van der Waals surface area contributed by atoms with Crippen molar-refractivity contribution in [2.45, 2.75) is 26.9 Å². The van der Waals surface area contributed by atoms with E-state index in [0.717, 1.165) is 26.7 Å². The Morgan fingerprint density at radius 1 is 1.20 bits per heavy atom. The molecule has 0 aliphatic heterocycles. The molecule has 136 valence electrons. The van der Waals surface area contributed by atoms with Crippen LogP contribution in [0, 0.1) is 13.8 Å². The van der Waals surface area contributed by atoms with E-state index >= 15 is 0 Å². The number of thiazole rings is 1. The summed E-state index contributed by atoms with van der Waals surface area (Å²) in [5.74, 6) is 2.11. The third-order valence-electron chi connectivity index (χ3n) is 3.59. The number of aliphatic imine (C=N–C) groups is 1. The minimum Gasteiger partial charge on any atom is -0.493 e. The van der Waals surface area contributed by atoms with Crippen LogP contribution in [-0.2, 0) is 13.1 Å². The highest BCUT2D eigenvalue weighted by atomic mass is 79.9. The number of benzene rings is 1. The van der Waals surface area contributed by atoms with Crippen LogP contribution in [0.3, 0.4) is 0 Å². The fourth-order valence-corrected chi connectivity index (χ4v) is 3.91. The summed E-state index contributed by atoms with van der Waals surface area (Å²) < 4.78 is 11.6. The van der Waals surface area contributed by atoms with Gasteiger partial charge in [-0.15, -0.1) is 11.3 Å². The van der Waals surface area contributed by atoms with Crippen molar-refractivity contribution < 1.29 is 9.47 Å². The van der Waals surface area contributed by atoms with Crippen molar-refractivity contribution in [2.24, 2.45) is 4.99 Å². The van der Waals surface area contributed by atoms with Gasteiger partial charge in [0.2, 0.25) is 0 Å². The van der Waals surface area contributed by atoms with Gasteiger partial charge in [-0.3, -0.25) is 4.99 Å². The van der Waals surface area contributed by atoms with Gasteiger partial charge in [0.15, 0.2) is 17.5 Å². The van der Waals surface area contributed by atoms with Crippen LogP contribution in [0.2, 0.25) is 0 Å². The van der Waals surface area contributed by atoms with Gasteiger partial charge >= 0.3 is 0 Å². The maximum atomic E-state index is 5.38. The Balaban J connectivity index is 1.99. The normalized spacial score (nSPS) is 11.4. The monoisotopic (exact) mass is 426 g/mol. The van der Waals surface area contributed by atoms with Crippen LogP contribution in [0.15, 0.2) is 21.6 Å². The second-order valence-corrected chi connectivity index (χ2v) is 7.48. The van der Waals surface area contributed by atoms with Crippen LogP contribution in [0.1, 0.15) is 21.1 Å². The summed E-state index contributed by atoms with van der Waals surface area (Å²) in [4.78, 5) is 9.92. The molecule has 1 heterocycles. The molecular weight excluding hydrogens is 404 g/mol. The lowest BCUT2D eigenvalue weighted by molar-refractivity contribution is 0.352. The minimum absolute atomic E-state index is 0.610. The number of nitrogens with zero attached hydrogens (tertiary/aromatic N) is 2. The first-order valence-electron chi connectivity index (χ1n) is 7.76. The predicted molar refractivity (Wildman–Crippen MR) is 106 cm³/mol. The highest BCUT2D eigenvalue weighted by molar-refractivity contribution is 9.10. The van der Waals surface area contributed by atoms with Gasteiger partial charge in [-0.2, -0.15) is 0 Å². The maximum absolute atomic E-state index is 5.38. The molecular formula is C17H23BrN4O2S. The number of methoxy groups -OCH3 is 2. The zero-order chi connectivity index (χ0) is 18.4. The average molecular weight is 427 g/mol. The van der Waals surface area contributed by atoms with Crippen LogP contribution in [0.25, 0.3) is 0 Å². The first kappa shape index (κ1) is 19.5. The summed E-state index contributed by atoms with van der Waals surface area (Å²) >= 11 is 5.21. The number of hydrogen-bond donors (Lipinski definition) is 2. The van der Waals surface area contributed by atoms with Crippen molar-refractivity contribution in [3.63, 3.8) is 0 Å². The van der Waals surface area contributed by atoms with Gasteiger partial charge in [0.1, 0.15) is 0 Å². The molecule has 0 aliphatic rings. The van der Waals surface area contributed by atoms with Gasteiger partial charge in [0.05, 0.1) is 35.9 Å². The number of rotatable bonds is 6. The Morgan fingerprint density at radius 3 is 2.48 bits per heavy atom. The highest BCUT2D eigenvalue weighted by Gasteiger charge is 2.11. The van der Waals surface area contributed by atoms with Crippen molar-refractivity contribution >= 4 is 33.2 Å². The van der Waals surface area contributed by atoms with E-state index in [4.69, 9.17) is 9.47 Å². The Labute approximate surface area is 160 Å². The molecule has 1 aromatic heterocycles. The molecule has 25 heavy (non-hydrogen) atoms. The lowest BCUT2D eigenvalue weighted by Crippen LogP contribution is -2.36. The zero-order valence-corrected chi connectivity index (χ0v) is 17.5. The second kappa shape index (κ2) is 9.05. The van der Waals surface area contributed by atoms with Crippen molar-refractivity contribution in [1.29, 1.82) is 0 Å². The largest absolute Gasteiger partial charge is 0.493 e. The summed E-state index contributed by atoms with van der Waals surface area (Å²) in [6.45, 7) is 5.35. The lowest BCUT2D eigenvalue weighted by atomic mass is 10.2. The molecule has 6 nitrogen and oxygen atoms in total. The summed E-state index contributed by atoms with van der Waals surface area (Å²) in [6.07, 6.45) is 0. The van der Waals surface area contributed by atoms with E-state index in [1.54, 1.807) is 32.6 Å². The van der Waals surface area contributed by atoms with Crippen molar-refractivity contribution in [3.8, 4) is 11.5 Å². The molecule has 0 unspecified atom stereocenters. The van der Waals surface area contributed by atoms with Crippen LogP contribution < -0.4 is 20.1 Å². The van der Waals surface area contributed by atoms with Gasteiger partial charge in [0.25, 0.3) is 0 Å². The van der Waals surface area contributed by atoms with E-state index in [-0.39, 0.29) is 0 Å². The second-order valence-electron chi connectivity index (χ2n) is 5.33. The first-order valence-corrected chi connectivity index (χ1v) is 9.37. The molecule has 2 N–H and O–H groups in total. The number of aromatic nitrogens is 1. The molecule has 2 aromatic rings. The van der Waals surface area contributed by atoms with Crippen LogP contribution >= 0.6 is 27.3 Å². The SMILES string of the molecule is CN=C(NCc1cc(Br)c(OC)c(OC)c1)NCc1sc(C)nc1C. The molecule has 8 heteroatoms. The molecule has 2 rings (SSSR count). The fraction of sp³-hybridized carbons (Fsp3) is 0.412. The summed E-state index contributed by atoms with van der Waals surface area (Å²) in [5.41, 5.74) is 2.12. The Hall–Kier alpha value is -1.80. The minimum atomic E-state index is 0.610. The smallest absolute Gasteiger partial charge is 0.191 e. The molecule has 0 saturated carbocycles. The van der Waals surface area contributed by atoms with E-state index in [1.165, 1.54) is 4.88 Å². The Bertz CT molecular complexity index is 761. The molecule has 1 aromatic carbocycles. The van der Waals surface area contributed by atoms with Gasteiger partial charge in [0, 0.05) is 18.5 Å². The van der Waals surface area contributed by atoms with E-state index in [0.29, 0.717) is 24.6 Å². The quantitative estimate of drug-likeness (QED) is 0.547. The summed E-state index contributed by atoms with van der Waals surface area (Å²) in [7, 11) is 5.00. The van der Waals surface area contributed by atoms with E-state index in [9.17, 15) is 0 Å². The predicted octanol–water partition coefficient (Wildman–Crippen LogP) is 3.40. The highest BCUT2D eigenvalue weighted by Crippen LogP contribution is 2.36. The van der Waals surface area contributed by atoms with Crippen LogP contribution in [0.4, 0.5) is 0 Å². The molecule has 0 fully saturated rings. The number of aryl methyl sites for hydroxylation is 2. The fourth-order valence-electron chi connectivity index (χ4n) is 2.38. The standard InChI is InChI=1S/C17H23BrN4O2S/c1-10-15(25-11(2)22-10)9-21-17(19-3)20-8-12-6-13(18)16(24-5)14(7-12)23-4/h6-7H,8-9H2,1-5H3,(H2,19,20,21). The van der Waals surface area contributed by atoms with Gasteiger partial charge in [-0.05, 0) is 47.5 Å². The number of ether oxygens (including phenoxy) is 2. The zero-order valence-electron chi connectivity index (χ0n) is 15.1. The Morgan fingerprint density at radius 2 is 1.92 bits per heavy atom. The Kier molecular flexibility index (Phi) is 7.07. The molecule has 0 aliphatic carbocycles. The van der Waals surface area contributed by atoms with Crippen LogP contribution in [0.5, 0.6) is 11.5 Å². The van der Waals surface area contributed by atoms with Crippen LogP contribution in [-0.4, -0.2) is 32.2 Å². The van der Waals surface area contributed by atoms with Gasteiger partial charge < -0.3 is 20.1 Å². The maximum Gasteiger partial charge on any atom is 0.191 e. The van der Waals surface area contributed by atoms with E-state index in [2.05, 4.69) is 36.5 Å². The number of hydrogen-bond acceptors (Lipinski definition) is 5. The van der Waals surface area contributed by atoms with Crippen molar-refractivity contribution in [3.05, 3.63) is 37.7 Å². The van der Waals surface area contributed by atoms with E-state index < -0.39 is 0 Å². The number of guanidine groups is 1. The van der Waals surface area contributed by atoms with Crippen molar-refractivity contribution in [1.82, 2.24) is 15.6 Å². The lowest BCUT2D eigenvalue weighted by Gasteiger charge is -2.14. The molecule has 0 bridgehead atoms. The van der Waals surface area contributed by atoms with Gasteiger partial charge in [-0.1, -0.05) is 0 Å². The summed E-state index contributed by atoms with van der Waals surface area (Å²) in [5, 5.41) is 7.70. The van der Waals surface area contributed by atoms with E-state index in [1.807, 2.05) is 26.0 Å². The van der Waals surface area contributed by atoms with Gasteiger partial charge in [-0.25, -0.2) is 4.98 Å². The topological polar surface area (TPSA) is 67.8 Å². The average Bonchev–Trinajstić information content (AvgIpc) is 2.91. The number of halogens is 1. The molecule has 0 atom stereocenters. The summed E-state index contributed by atoms with van der Waals surface area (Å²) in [6, 6.07) is 3.94. The third kappa shape index (κ3) is 5.09.